The second kappa shape index (κ2) is 11.5. The first-order valence-corrected chi connectivity index (χ1v) is 7.09. The van der Waals surface area contributed by atoms with Gasteiger partial charge in [0.1, 0.15) is 0 Å². The van der Waals surface area contributed by atoms with Crippen molar-refractivity contribution >= 4 is 10.1 Å². The number of terminal acetylenes is 2. The number of hydrogen-bond donors (Lipinski definition) is 1. The molecule has 98 valence electrons. The molecule has 0 saturated heterocycles. The lowest BCUT2D eigenvalue weighted by molar-refractivity contribution is 0.330. The first-order chi connectivity index (χ1) is 7.83. The SMILES string of the molecule is C#CCCNC(C)C.C#CCCOS(C)(=O)=O. The van der Waals surface area contributed by atoms with Gasteiger partial charge in [-0.15, -0.1) is 24.7 Å². The molecule has 17 heavy (non-hydrogen) atoms. The summed E-state index contributed by atoms with van der Waals surface area (Å²) < 4.78 is 24.7. The van der Waals surface area contributed by atoms with Gasteiger partial charge in [0.25, 0.3) is 10.1 Å². The summed E-state index contributed by atoms with van der Waals surface area (Å²) in [5, 5.41) is 3.20. The molecule has 0 radical (unpaired) electrons. The zero-order valence-corrected chi connectivity index (χ0v) is 11.5. The molecule has 0 aromatic carbocycles. The summed E-state index contributed by atoms with van der Waals surface area (Å²) in [6.07, 6.45) is 12.0. The molecule has 0 fully saturated rings. The van der Waals surface area contributed by atoms with Crippen LogP contribution < -0.4 is 5.32 Å². The predicted octanol–water partition coefficient (Wildman–Crippen LogP) is 0.994. The second-order valence-electron chi connectivity index (χ2n) is 3.54. The Bertz CT molecular complexity index is 347. The van der Waals surface area contributed by atoms with Gasteiger partial charge < -0.3 is 5.32 Å². The lowest BCUT2D eigenvalue weighted by Gasteiger charge is -2.03. The highest BCUT2D eigenvalue weighted by atomic mass is 32.2. The zero-order valence-electron chi connectivity index (χ0n) is 10.7. The molecular formula is C12H21NO3S. The molecule has 1 N–H and O–H groups in total. The van der Waals surface area contributed by atoms with Crippen molar-refractivity contribution in [3.05, 3.63) is 0 Å². The Balaban J connectivity index is 0. The van der Waals surface area contributed by atoms with Gasteiger partial charge in [-0.05, 0) is 0 Å². The topological polar surface area (TPSA) is 55.4 Å². The minimum absolute atomic E-state index is 0.0787. The van der Waals surface area contributed by atoms with E-state index in [-0.39, 0.29) is 6.61 Å². The Morgan fingerprint density at radius 2 is 1.76 bits per heavy atom. The minimum Gasteiger partial charge on any atom is -0.314 e. The van der Waals surface area contributed by atoms with Crippen molar-refractivity contribution in [2.45, 2.75) is 32.7 Å². The molecule has 0 aliphatic carbocycles. The van der Waals surface area contributed by atoms with E-state index in [1.807, 2.05) is 0 Å². The maximum atomic E-state index is 10.2. The van der Waals surface area contributed by atoms with Crippen LogP contribution in [0.3, 0.4) is 0 Å². The van der Waals surface area contributed by atoms with Crippen molar-refractivity contribution in [1.29, 1.82) is 0 Å². The molecule has 0 aromatic heterocycles. The molecule has 0 spiro atoms. The predicted molar refractivity (Wildman–Crippen MR) is 70.8 cm³/mol. The Hall–Kier alpha value is -1.01. The quantitative estimate of drug-likeness (QED) is 0.439. The Labute approximate surface area is 105 Å². The van der Waals surface area contributed by atoms with Gasteiger partial charge in [0, 0.05) is 25.4 Å². The van der Waals surface area contributed by atoms with Crippen LogP contribution in [0.5, 0.6) is 0 Å². The molecular weight excluding hydrogens is 238 g/mol. The van der Waals surface area contributed by atoms with Crippen LogP contribution in [0.4, 0.5) is 0 Å². The van der Waals surface area contributed by atoms with Crippen molar-refractivity contribution in [2.24, 2.45) is 0 Å². The van der Waals surface area contributed by atoms with Crippen molar-refractivity contribution in [3.63, 3.8) is 0 Å². The van der Waals surface area contributed by atoms with E-state index < -0.39 is 10.1 Å². The van der Waals surface area contributed by atoms with Gasteiger partial charge in [-0.2, -0.15) is 8.42 Å². The van der Waals surface area contributed by atoms with Gasteiger partial charge in [-0.25, -0.2) is 0 Å². The monoisotopic (exact) mass is 259 g/mol. The molecule has 0 amide bonds. The third-order valence-electron chi connectivity index (χ3n) is 1.37. The summed E-state index contributed by atoms with van der Waals surface area (Å²) in [5.41, 5.74) is 0. The van der Waals surface area contributed by atoms with Gasteiger partial charge in [0.2, 0.25) is 0 Å². The van der Waals surface area contributed by atoms with Gasteiger partial charge in [-0.3, -0.25) is 4.18 Å². The molecule has 0 heterocycles. The number of nitrogens with one attached hydrogen (secondary N) is 1. The van der Waals surface area contributed by atoms with Crippen molar-refractivity contribution in [1.82, 2.24) is 5.32 Å². The molecule has 0 aliphatic heterocycles. The van der Waals surface area contributed by atoms with Crippen LogP contribution in [0.25, 0.3) is 0 Å². The van der Waals surface area contributed by atoms with E-state index in [9.17, 15) is 8.42 Å². The van der Waals surface area contributed by atoms with Crippen LogP contribution in [0, 0.1) is 24.7 Å². The molecule has 0 aromatic rings. The summed E-state index contributed by atoms with van der Waals surface area (Å²) in [7, 11) is -3.29. The van der Waals surface area contributed by atoms with Crippen molar-refractivity contribution in [3.8, 4) is 24.7 Å². The third-order valence-corrected chi connectivity index (χ3v) is 1.96. The van der Waals surface area contributed by atoms with E-state index in [1.165, 1.54) is 0 Å². The fourth-order valence-corrected chi connectivity index (χ4v) is 1.07. The molecule has 4 nitrogen and oxygen atoms in total. The number of rotatable bonds is 6. The van der Waals surface area contributed by atoms with E-state index in [1.54, 1.807) is 0 Å². The molecule has 0 saturated carbocycles. The highest BCUT2D eigenvalue weighted by Crippen LogP contribution is 1.87. The van der Waals surface area contributed by atoms with Gasteiger partial charge >= 0.3 is 0 Å². The maximum absolute atomic E-state index is 10.2. The molecule has 0 bridgehead atoms. The molecule has 5 heteroatoms. The normalized spacial score (nSPS) is 10.0. The van der Waals surface area contributed by atoms with Gasteiger partial charge in [0.15, 0.2) is 0 Å². The summed E-state index contributed by atoms with van der Waals surface area (Å²) >= 11 is 0. The minimum atomic E-state index is -3.29. The van der Waals surface area contributed by atoms with Crippen LogP contribution in [0.15, 0.2) is 0 Å². The average molecular weight is 259 g/mol. The number of hydrogen-bond acceptors (Lipinski definition) is 4. The second-order valence-corrected chi connectivity index (χ2v) is 5.19. The Morgan fingerprint density at radius 1 is 1.24 bits per heavy atom. The van der Waals surface area contributed by atoms with Crippen LogP contribution in [0.1, 0.15) is 26.7 Å². The molecule has 0 aliphatic rings. The standard InChI is InChI=1S/C7H13N.C5H8O3S/c1-4-5-6-8-7(2)3;1-3-4-5-8-9(2,6)7/h1,7-8H,5-6H2,2-3H3;1H,4-5H2,2H3. The van der Waals surface area contributed by atoms with Crippen LogP contribution in [-0.4, -0.2) is 33.9 Å². The first-order valence-electron chi connectivity index (χ1n) is 5.28. The van der Waals surface area contributed by atoms with Crippen molar-refractivity contribution < 1.29 is 12.6 Å². The lowest BCUT2D eigenvalue weighted by Crippen LogP contribution is -2.23. The highest BCUT2D eigenvalue weighted by molar-refractivity contribution is 7.85. The Morgan fingerprint density at radius 3 is 2.12 bits per heavy atom. The van der Waals surface area contributed by atoms with Crippen molar-refractivity contribution in [2.75, 3.05) is 19.4 Å². The fraction of sp³-hybridized carbons (Fsp3) is 0.667. The summed E-state index contributed by atoms with van der Waals surface area (Å²) in [5.74, 6) is 4.81. The summed E-state index contributed by atoms with van der Waals surface area (Å²) in [4.78, 5) is 0. The van der Waals surface area contributed by atoms with E-state index >= 15 is 0 Å². The first kappa shape index (κ1) is 18.4. The molecule has 0 atom stereocenters. The van der Waals surface area contributed by atoms with E-state index in [0.717, 1.165) is 19.2 Å². The average Bonchev–Trinajstić information content (AvgIpc) is 2.17. The lowest BCUT2D eigenvalue weighted by atomic mass is 10.3. The highest BCUT2D eigenvalue weighted by Gasteiger charge is 1.97. The zero-order chi connectivity index (χ0) is 13.7. The van der Waals surface area contributed by atoms with E-state index in [0.29, 0.717) is 12.5 Å². The van der Waals surface area contributed by atoms with Crippen LogP contribution >= 0.6 is 0 Å². The van der Waals surface area contributed by atoms with Crippen LogP contribution in [0.2, 0.25) is 0 Å². The van der Waals surface area contributed by atoms with Gasteiger partial charge in [0.05, 0.1) is 12.9 Å². The Kier molecular flexibility index (Phi) is 12.4. The summed E-state index contributed by atoms with van der Waals surface area (Å²) in [6.45, 7) is 5.23. The summed E-state index contributed by atoms with van der Waals surface area (Å²) in [6, 6.07) is 0.559. The third kappa shape index (κ3) is 25.3. The largest absolute Gasteiger partial charge is 0.314 e. The van der Waals surface area contributed by atoms with E-state index in [4.69, 9.17) is 12.8 Å². The molecule has 0 unspecified atom stereocenters. The smallest absolute Gasteiger partial charge is 0.264 e. The van der Waals surface area contributed by atoms with E-state index in [2.05, 4.69) is 35.2 Å². The van der Waals surface area contributed by atoms with Gasteiger partial charge in [-0.1, -0.05) is 13.8 Å². The van der Waals surface area contributed by atoms with Crippen LogP contribution in [-0.2, 0) is 14.3 Å². The molecule has 0 rings (SSSR count). The fourth-order valence-electron chi connectivity index (χ4n) is 0.685. The maximum Gasteiger partial charge on any atom is 0.264 e.